The predicted octanol–water partition coefficient (Wildman–Crippen LogP) is 3.60. The van der Waals surface area contributed by atoms with Crippen molar-refractivity contribution in [3.05, 3.63) is 47.0 Å². The Bertz CT molecular complexity index is 430. The first-order valence-electron chi connectivity index (χ1n) is 5.44. The van der Waals surface area contributed by atoms with Crippen molar-refractivity contribution >= 4 is 17.7 Å². The maximum absolute atomic E-state index is 11.6. The van der Waals surface area contributed by atoms with Gasteiger partial charge in [0.2, 0.25) is 0 Å². The van der Waals surface area contributed by atoms with Gasteiger partial charge in [-0.2, -0.15) is 0 Å². The second-order valence-corrected chi connectivity index (χ2v) is 5.38. The van der Waals surface area contributed by atoms with Crippen molar-refractivity contribution in [2.24, 2.45) is 0 Å². The van der Waals surface area contributed by atoms with Gasteiger partial charge in [0.15, 0.2) is 4.75 Å². The number of aliphatic carboxylic acids is 1. The van der Waals surface area contributed by atoms with E-state index < -0.39 is 10.7 Å². The van der Waals surface area contributed by atoms with E-state index in [2.05, 4.69) is 0 Å². The van der Waals surface area contributed by atoms with E-state index in [1.807, 2.05) is 57.4 Å². The maximum atomic E-state index is 11.6. The fourth-order valence-corrected chi connectivity index (χ4v) is 2.64. The highest BCUT2D eigenvalue weighted by Crippen LogP contribution is 2.37. The second kappa shape index (κ2) is 5.41. The number of hydrogen-bond donors (Lipinski definition) is 1. The van der Waals surface area contributed by atoms with Crippen LogP contribution >= 0.6 is 11.8 Å². The lowest BCUT2D eigenvalue weighted by molar-refractivity contribution is -0.138. The first-order valence-corrected chi connectivity index (χ1v) is 6.66. The monoisotopic (exact) mass is 250 g/mol. The molecule has 1 rings (SSSR count). The largest absolute Gasteiger partial charge is 0.480 e. The molecule has 1 aromatic rings. The molecule has 0 radical (unpaired) electrons. The summed E-state index contributed by atoms with van der Waals surface area (Å²) in [4.78, 5) is 11.6. The van der Waals surface area contributed by atoms with Gasteiger partial charge in [-0.15, -0.1) is 11.8 Å². The highest BCUT2D eigenvalue weighted by molar-refractivity contribution is 8.00. The zero-order valence-corrected chi connectivity index (χ0v) is 11.5. The van der Waals surface area contributed by atoms with Crippen LogP contribution in [-0.4, -0.2) is 17.3 Å². The van der Waals surface area contributed by atoms with E-state index in [1.165, 1.54) is 11.8 Å². The van der Waals surface area contributed by atoms with Crippen molar-refractivity contribution in [1.82, 2.24) is 0 Å². The van der Waals surface area contributed by atoms with Gasteiger partial charge in [0.25, 0.3) is 0 Å². The number of rotatable bonds is 4. The normalized spacial score (nSPS) is 13.9. The number of allylic oxidation sites excluding steroid dienone is 1. The molecular weight excluding hydrogens is 232 g/mol. The number of hydrogen-bond acceptors (Lipinski definition) is 2. The van der Waals surface area contributed by atoms with Crippen LogP contribution in [0.1, 0.15) is 25.0 Å². The van der Waals surface area contributed by atoms with E-state index in [9.17, 15) is 9.90 Å². The summed E-state index contributed by atoms with van der Waals surface area (Å²) in [5.41, 5.74) is 2.94. The van der Waals surface area contributed by atoms with Crippen molar-refractivity contribution in [3.8, 4) is 0 Å². The van der Waals surface area contributed by atoms with Crippen molar-refractivity contribution < 1.29 is 9.90 Å². The molecule has 0 aliphatic rings. The van der Waals surface area contributed by atoms with Gasteiger partial charge in [0.05, 0.1) is 0 Å². The minimum atomic E-state index is -0.980. The third kappa shape index (κ3) is 2.91. The molecule has 0 amide bonds. The van der Waals surface area contributed by atoms with Crippen molar-refractivity contribution in [2.75, 3.05) is 6.26 Å². The Labute approximate surface area is 107 Å². The summed E-state index contributed by atoms with van der Waals surface area (Å²) in [5.74, 6) is -0.824. The van der Waals surface area contributed by atoms with Crippen LogP contribution in [0.5, 0.6) is 0 Å². The summed E-state index contributed by atoms with van der Waals surface area (Å²) in [7, 11) is 0. The molecule has 0 aliphatic heterocycles. The quantitative estimate of drug-likeness (QED) is 0.829. The van der Waals surface area contributed by atoms with E-state index in [4.69, 9.17) is 0 Å². The third-order valence-electron chi connectivity index (χ3n) is 2.61. The van der Waals surface area contributed by atoms with Gasteiger partial charge in [0, 0.05) is 0 Å². The molecule has 0 spiro atoms. The molecule has 0 aliphatic carbocycles. The van der Waals surface area contributed by atoms with Crippen LogP contribution < -0.4 is 0 Å². The summed E-state index contributed by atoms with van der Waals surface area (Å²) >= 11 is 1.34. The van der Waals surface area contributed by atoms with Crippen LogP contribution in [0.15, 0.2) is 35.9 Å². The lowest BCUT2D eigenvalue weighted by Crippen LogP contribution is -2.30. The number of carboxylic acid groups (broad SMARTS) is 1. The molecule has 0 saturated heterocycles. The molecular formula is C14H18O2S. The molecule has 92 valence electrons. The topological polar surface area (TPSA) is 37.3 Å². The number of carboxylic acids is 1. The van der Waals surface area contributed by atoms with E-state index in [1.54, 1.807) is 0 Å². The third-order valence-corrected chi connectivity index (χ3v) is 3.78. The first-order chi connectivity index (χ1) is 7.92. The van der Waals surface area contributed by atoms with Gasteiger partial charge < -0.3 is 5.11 Å². The molecule has 1 aromatic carbocycles. The Balaban J connectivity index is 3.37. The van der Waals surface area contributed by atoms with E-state index >= 15 is 0 Å². The Morgan fingerprint density at radius 1 is 1.29 bits per heavy atom. The molecule has 0 bridgehead atoms. The molecule has 17 heavy (non-hydrogen) atoms. The second-order valence-electron chi connectivity index (χ2n) is 4.33. The highest BCUT2D eigenvalue weighted by Gasteiger charge is 2.37. The predicted molar refractivity (Wildman–Crippen MR) is 73.4 cm³/mol. The molecule has 0 aromatic heterocycles. The van der Waals surface area contributed by atoms with Crippen LogP contribution in [0.4, 0.5) is 0 Å². The molecule has 1 atom stereocenters. The minimum Gasteiger partial charge on any atom is -0.480 e. The fraction of sp³-hybridized carbons (Fsp3) is 0.357. The van der Waals surface area contributed by atoms with Crippen molar-refractivity contribution in [2.45, 2.75) is 25.5 Å². The molecule has 0 saturated carbocycles. The summed E-state index contributed by atoms with van der Waals surface area (Å²) in [6.07, 6.45) is 3.64. The maximum Gasteiger partial charge on any atom is 0.328 e. The van der Waals surface area contributed by atoms with Crippen LogP contribution in [-0.2, 0) is 9.54 Å². The van der Waals surface area contributed by atoms with Crippen molar-refractivity contribution in [3.63, 3.8) is 0 Å². The number of carbonyl (C=O) groups is 1. The Hall–Kier alpha value is -1.22. The number of thioether (sulfide) groups is 1. The van der Waals surface area contributed by atoms with Crippen LogP contribution in [0, 0.1) is 6.92 Å². The molecule has 0 fully saturated rings. The molecule has 0 heterocycles. The molecule has 3 heteroatoms. The van der Waals surface area contributed by atoms with Gasteiger partial charge in [-0.05, 0) is 32.6 Å². The van der Waals surface area contributed by atoms with Crippen molar-refractivity contribution in [1.29, 1.82) is 0 Å². The van der Waals surface area contributed by atoms with Crippen LogP contribution in [0.3, 0.4) is 0 Å². The van der Waals surface area contributed by atoms with E-state index in [-0.39, 0.29) is 0 Å². The highest BCUT2D eigenvalue weighted by atomic mass is 32.2. The first kappa shape index (κ1) is 13.8. The lowest BCUT2D eigenvalue weighted by atomic mass is 9.95. The van der Waals surface area contributed by atoms with Gasteiger partial charge in [-0.3, -0.25) is 0 Å². The molecule has 1 unspecified atom stereocenters. The van der Waals surface area contributed by atoms with Gasteiger partial charge >= 0.3 is 5.97 Å². The summed E-state index contributed by atoms with van der Waals surface area (Å²) in [6.45, 7) is 5.83. The molecule has 2 nitrogen and oxygen atoms in total. The summed E-state index contributed by atoms with van der Waals surface area (Å²) in [5, 5.41) is 9.53. The standard InChI is InChI=1S/C14H18O2S/c1-10(2)9-14(17-4,13(15)16)12-7-5-11(3)6-8-12/h5-9H,1-4H3,(H,15,16). The van der Waals surface area contributed by atoms with Crippen LogP contribution in [0.25, 0.3) is 0 Å². The summed E-state index contributed by atoms with van der Waals surface area (Å²) in [6, 6.07) is 7.67. The molecule has 1 N–H and O–H groups in total. The Morgan fingerprint density at radius 2 is 1.82 bits per heavy atom. The number of aryl methyl sites for hydroxylation is 1. The van der Waals surface area contributed by atoms with Gasteiger partial charge in [-0.25, -0.2) is 4.79 Å². The van der Waals surface area contributed by atoms with Gasteiger partial charge in [0.1, 0.15) is 0 Å². The Kier molecular flexibility index (Phi) is 4.40. The Morgan fingerprint density at radius 3 is 2.18 bits per heavy atom. The number of benzene rings is 1. The minimum absolute atomic E-state index is 0.810. The van der Waals surface area contributed by atoms with Crippen LogP contribution in [0.2, 0.25) is 0 Å². The zero-order valence-electron chi connectivity index (χ0n) is 10.7. The average Bonchev–Trinajstić information content (AvgIpc) is 2.26. The zero-order chi connectivity index (χ0) is 13.1. The smallest absolute Gasteiger partial charge is 0.328 e. The van der Waals surface area contributed by atoms with E-state index in [0.717, 1.165) is 16.7 Å². The fourth-order valence-electron chi connectivity index (χ4n) is 1.74. The average molecular weight is 250 g/mol. The van der Waals surface area contributed by atoms with Gasteiger partial charge in [-0.1, -0.05) is 41.5 Å². The lowest BCUT2D eigenvalue weighted by Gasteiger charge is -2.25. The summed E-state index contributed by atoms with van der Waals surface area (Å²) < 4.78 is -0.980. The van der Waals surface area contributed by atoms with E-state index in [0.29, 0.717) is 0 Å². The SMILES string of the molecule is CSC(C=C(C)C)(C(=O)O)c1ccc(C)cc1.